The summed E-state index contributed by atoms with van der Waals surface area (Å²) < 4.78 is 5.35. The first-order chi connectivity index (χ1) is 7.09. The Morgan fingerprint density at radius 1 is 1.33 bits per heavy atom. The van der Waals surface area contributed by atoms with Crippen molar-refractivity contribution in [2.75, 3.05) is 13.2 Å². The Labute approximate surface area is 93.2 Å². The second-order valence-electron chi connectivity index (χ2n) is 4.92. The lowest BCUT2D eigenvalue weighted by Gasteiger charge is -2.32. The maximum atomic E-state index is 9.63. The predicted molar refractivity (Wildman–Crippen MR) is 61.9 cm³/mol. The first-order valence-corrected chi connectivity index (χ1v) is 6.12. The van der Waals surface area contributed by atoms with Gasteiger partial charge >= 0.3 is 0 Å². The Bertz CT molecular complexity index is 169. The minimum atomic E-state index is -0.380. The van der Waals surface area contributed by atoms with E-state index < -0.39 is 0 Å². The number of aliphatic hydroxyl groups excluding tert-OH is 1. The highest BCUT2D eigenvalue weighted by atomic mass is 16.5. The quantitative estimate of drug-likeness (QED) is 0.677. The lowest BCUT2D eigenvalue weighted by Crippen LogP contribution is -2.42. The predicted octanol–water partition coefficient (Wildman–Crippen LogP) is 1.55. The van der Waals surface area contributed by atoms with Gasteiger partial charge in [-0.1, -0.05) is 6.42 Å². The molecule has 2 N–H and O–H groups in total. The number of hydrogen-bond acceptors (Lipinski definition) is 3. The van der Waals surface area contributed by atoms with Gasteiger partial charge in [-0.2, -0.15) is 0 Å². The summed E-state index contributed by atoms with van der Waals surface area (Å²) >= 11 is 0. The first-order valence-electron chi connectivity index (χ1n) is 6.12. The SMILES string of the molecule is CC(C)OCC(O)CNC(C)C1CCC1. The molecule has 0 spiro atoms. The molecule has 3 nitrogen and oxygen atoms in total. The highest BCUT2D eigenvalue weighted by molar-refractivity contribution is 4.80. The van der Waals surface area contributed by atoms with Gasteiger partial charge in [-0.05, 0) is 39.5 Å². The maximum Gasteiger partial charge on any atom is 0.0897 e. The zero-order chi connectivity index (χ0) is 11.3. The number of ether oxygens (including phenoxy) is 1. The molecule has 1 aliphatic carbocycles. The van der Waals surface area contributed by atoms with Crippen LogP contribution in [0.25, 0.3) is 0 Å². The van der Waals surface area contributed by atoms with Crippen LogP contribution in [0, 0.1) is 5.92 Å². The highest BCUT2D eigenvalue weighted by Gasteiger charge is 2.23. The molecule has 3 heteroatoms. The van der Waals surface area contributed by atoms with Crippen LogP contribution >= 0.6 is 0 Å². The molecule has 0 aromatic heterocycles. The summed E-state index contributed by atoms with van der Waals surface area (Å²) in [5, 5.41) is 13.0. The Kier molecular flexibility index (Phi) is 5.58. The molecule has 2 atom stereocenters. The zero-order valence-electron chi connectivity index (χ0n) is 10.2. The standard InChI is InChI=1S/C12H25NO2/c1-9(2)15-8-12(14)7-13-10(3)11-5-4-6-11/h9-14H,4-8H2,1-3H3. The number of hydrogen-bond donors (Lipinski definition) is 2. The van der Waals surface area contributed by atoms with Crippen LogP contribution in [0.4, 0.5) is 0 Å². The highest BCUT2D eigenvalue weighted by Crippen LogP contribution is 2.29. The van der Waals surface area contributed by atoms with E-state index >= 15 is 0 Å². The fraction of sp³-hybridized carbons (Fsp3) is 1.00. The van der Waals surface area contributed by atoms with Gasteiger partial charge in [0.25, 0.3) is 0 Å². The van der Waals surface area contributed by atoms with E-state index in [-0.39, 0.29) is 12.2 Å². The Balaban J connectivity index is 2.02. The molecule has 1 rings (SSSR count). The molecule has 0 heterocycles. The summed E-state index contributed by atoms with van der Waals surface area (Å²) in [6.45, 7) is 7.25. The van der Waals surface area contributed by atoms with E-state index in [2.05, 4.69) is 12.2 Å². The van der Waals surface area contributed by atoms with E-state index in [0.29, 0.717) is 19.2 Å². The Morgan fingerprint density at radius 3 is 2.47 bits per heavy atom. The third kappa shape index (κ3) is 4.96. The number of rotatable bonds is 7. The van der Waals surface area contributed by atoms with Crippen molar-refractivity contribution in [1.82, 2.24) is 5.32 Å². The molecule has 0 amide bonds. The van der Waals surface area contributed by atoms with Crippen molar-refractivity contribution >= 4 is 0 Å². The largest absolute Gasteiger partial charge is 0.389 e. The van der Waals surface area contributed by atoms with Gasteiger partial charge in [0.05, 0.1) is 18.8 Å². The molecule has 15 heavy (non-hydrogen) atoms. The van der Waals surface area contributed by atoms with Gasteiger partial charge in [-0.3, -0.25) is 0 Å². The second-order valence-corrected chi connectivity index (χ2v) is 4.92. The van der Waals surface area contributed by atoms with Crippen molar-refractivity contribution in [3.05, 3.63) is 0 Å². The molecule has 0 aromatic carbocycles. The van der Waals surface area contributed by atoms with Crippen molar-refractivity contribution < 1.29 is 9.84 Å². The van der Waals surface area contributed by atoms with Crippen LogP contribution in [0.1, 0.15) is 40.0 Å². The van der Waals surface area contributed by atoms with E-state index in [1.165, 1.54) is 19.3 Å². The van der Waals surface area contributed by atoms with Crippen LogP contribution in [-0.2, 0) is 4.74 Å². The third-order valence-corrected chi connectivity index (χ3v) is 3.15. The Morgan fingerprint density at radius 2 is 2.00 bits per heavy atom. The molecule has 0 aromatic rings. The summed E-state index contributed by atoms with van der Waals surface area (Å²) in [4.78, 5) is 0. The lowest BCUT2D eigenvalue weighted by molar-refractivity contribution is 0.00439. The minimum absolute atomic E-state index is 0.198. The van der Waals surface area contributed by atoms with Crippen LogP contribution in [0.15, 0.2) is 0 Å². The van der Waals surface area contributed by atoms with E-state index in [1.807, 2.05) is 13.8 Å². The second kappa shape index (κ2) is 6.46. The van der Waals surface area contributed by atoms with Gasteiger partial charge in [0.15, 0.2) is 0 Å². The zero-order valence-corrected chi connectivity index (χ0v) is 10.2. The van der Waals surface area contributed by atoms with Crippen LogP contribution in [0.3, 0.4) is 0 Å². The number of aliphatic hydroxyl groups is 1. The molecule has 90 valence electrons. The monoisotopic (exact) mass is 215 g/mol. The summed E-state index contributed by atoms with van der Waals surface area (Å²) in [5.41, 5.74) is 0. The molecule has 0 saturated heterocycles. The maximum absolute atomic E-state index is 9.63. The summed E-state index contributed by atoms with van der Waals surface area (Å²) in [6.07, 6.45) is 3.87. The van der Waals surface area contributed by atoms with Gasteiger partial charge < -0.3 is 15.2 Å². The molecular formula is C12H25NO2. The van der Waals surface area contributed by atoms with E-state index in [4.69, 9.17) is 4.74 Å². The smallest absolute Gasteiger partial charge is 0.0897 e. The van der Waals surface area contributed by atoms with Crippen molar-refractivity contribution in [3.8, 4) is 0 Å². The van der Waals surface area contributed by atoms with Crippen molar-refractivity contribution in [2.24, 2.45) is 5.92 Å². The van der Waals surface area contributed by atoms with Crippen LogP contribution < -0.4 is 5.32 Å². The lowest BCUT2D eigenvalue weighted by atomic mass is 9.80. The fourth-order valence-corrected chi connectivity index (χ4v) is 1.79. The molecule has 0 bridgehead atoms. The van der Waals surface area contributed by atoms with Gasteiger partial charge in [0.2, 0.25) is 0 Å². The molecule has 2 unspecified atom stereocenters. The van der Waals surface area contributed by atoms with E-state index in [1.54, 1.807) is 0 Å². The summed E-state index contributed by atoms with van der Waals surface area (Å²) in [7, 11) is 0. The van der Waals surface area contributed by atoms with Crippen molar-refractivity contribution in [1.29, 1.82) is 0 Å². The van der Waals surface area contributed by atoms with Gasteiger partial charge in [-0.15, -0.1) is 0 Å². The first kappa shape index (κ1) is 12.9. The molecule has 1 saturated carbocycles. The average Bonchev–Trinajstić information content (AvgIpc) is 2.08. The number of nitrogens with one attached hydrogen (secondary N) is 1. The fourth-order valence-electron chi connectivity index (χ4n) is 1.79. The molecule has 0 aliphatic heterocycles. The van der Waals surface area contributed by atoms with E-state index in [9.17, 15) is 5.11 Å². The van der Waals surface area contributed by atoms with Crippen LogP contribution in [0.5, 0.6) is 0 Å². The minimum Gasteiger partial charge on any atom is -0.389 e. The van der Waals surface area contributed by atoms with Gasteiger partial charge in [-0.25, -0.2) is 0 Å². The average molecular weight is 215 g/mol. The Hall–Kier alpha value is -0.120. The summed E-state index contributed by atoms with van der Waals surface area (Å²) in [5.74, 6) is 0.822. The summed E-state index contributed by atoms with van der Waals surface area (Å²) in [6, 6.07) is 0.535. The topological polar surface area (TPSA) is 41.5 Å². The molecule has 0 radical (unpaired) electrons. The normalized spacial score (nSPS) is 21.4. The van der Waals surface area contributed by atoms with Crippen molar-refractivity contribution in [2.45, 2.75) is 58.3 Å². The van der Waals surface area contributed by atoms with Gasteiger partial charge in [0, 0.05) is 12.6 Å². The van der Waals surface area contributed by atoms with Crippen LogP contribution in [-0.4, -0.2) is 36.5 Å². The molecular weight excluding hydrogens is 190 g/mol. The molecule has 1 aliphatic rings. The third-order valence-electron chi connectivity index (χ3n) is 3.15. The van der Waals surface area contributed by atoms with E-state index in [0.717, 1.165) is 5.92 Å². The van der Waals surface area contributed by atoms with Crippen molar-refractivity contribution in [3.63, 3.8) is 0 Å². The van der Waals surface area contributed by atoms with Crippen LogP contribution in [0.2, 0.25) is 0 Å². The van der Waals surface area contributed by atoms with Gasteiger partial charge in [0.1, 0.15) is 0 Å². The molecule has 1 fully saturated rings.